The SMILES string of the molecule is COc1ccc(CNC(=O)CCNCc2ccc(C)cc2)cc1OC. The number of nitrogens with one attached hydrogen (secondary N) is 2. The van der Waals surface area contributed by atoms with Gasteiger partial charge in [0.15, 0.2) is 11.5 Å². The standard InChI is InChI=1S/C20H26N2O3/c1-15-4-6-16(7-5-15)13-21-11-10-20(23)22-14-17-8-9-18(24-2)19(12-17)25-3/h4-9,12,21H,10-11,13-14H2,1-3H3,(H,22,23). The van der Waals surface area contributed by atoms with Gasteiger partial charge in [0, 0.05) is 26.1 Å². The lowest BCUT2D eigenvalue weighted by atomic mass is 10.1. The average Bonchev–Trinajstić information content (AvgIpc) is 2.64. The van der Waals surface area contributed by atoms with E-state index >= 15 is 0 Å². The van der Waals surface area contributed by atoms with E-state index in [2.05, 4.69) is 41.8 Å². The summed E-state index contributed by atoms with van der Waals surface area (Å²) in [6.45, 7) is 3.95. The fraction of sp³-hybridized carbons (Fsp3) is 0.350. The third kappa shape index (κ3) is 6.12. The second-order valence-electron chi connectivity index (χ2n) is 5.88. The number of aryl methyl sites for hydroxylation is 1. The fourth-order valence-corrected chi connectivity index (χ4v) is 2.42. The van der Waals surface area contributed by atoms with Gasteiger partial charge in [-0.25, -0.2) is 0 Å². The zero-order valence-corrected chi connectivity index (χ0v) is 15.1. The molecule has 0 aliphatic carbocycles. The van der Waals surface area contributed by atoms with E-state index in [1.807, 2.05) is 18.2 Å². The molecule has 5 nitrogen and oxygen atoms in total. The summed E-state index contributed by atoms with van der Waals surface area (Å²) in [5, 5.41) is 6.20. The van der Waals surface area contributed by atoms with Crippen molar-refractivity contribution in [2.24, 2.45) is 0 Å². The van der Waals surface area contributed by atoms with Gasteiger partial charge in [-0.3, -0.25) is 4.79 Å². The number of carbonyl (C=O) groups excluding carboxylic acids is 1. The van der Waals surface area contributed by atoms with E-state index in [9.17, 15) is 4.79 Å². The molecule has 0 spiro atoms. The zero-order chi connectivity index (χ0) is 18.1. The molecule has 0 aromatic heterocycles. The predicted octanol–water partition coefficient (Wildman–Crippen LogP) is 2.81. The van der Waals surface area contributed by atoms with Gasteiger partial charge in [0.1, 0.15) is 0 Å². The van der Waals surface area contributed by atoms with Crippen LogP contribution in [0.5, 0.6) is 11.5 Å². The van der Waals surface area contributed by atoms with E-state index in [4.69, 9.17) is 9.47 Å². The molecule has 2 aromatic rings. The summed E-state index contributed by atoms with van der Waals surface area (Å²) in [5.41, 5.74) is 3.44. The molecular formula is C20H26N2O3. The first-order valence-electron chi connectivity index (χ1n) is 8.36. The third-order valence-corrected chi connectivity index (χ3v) is 3.92. The predicted molar refractivity (Wildman–Crippen MR) is 98.9 cm³/mol. The molecule has 0 saturated carbocycles. The first-order chi connectivity index (χ1) is 12.1. The molecule has 0 bridgehead atoms. The van der Waals surface area contributed by atoms with Crippen LogP contribution in [0.25, 0.3) is 0 Å². The van der Waals surface area contributed by atoms with Crippen LogP contribution in [0.15, 0.2) is 42.5 Å². The molecule has 5 heteroatoms. The molecular weight excluding hydrogens is 316 g/mol. The van der Waals surface area contributed by atoms with Crippen molar-refractivity contribution < 1.29 is 14.3 Å². The van der Waals surface area contributed by atoms with Crippen LogP contribution in [0, 0.1) is 6.92 Å². The molecule has 25 heavy (non-hydrogen) atoms. The van der Waals surface area contributed by atoms with Gasteiger partial charge in [-0.05, 0) is 30.2 Å². The summed E-state index contributed by atoms with van der Waals surface area (Å²) in [6, 6.07) is 14.0. The van der Waals surface area contributed by atoms with Gasteiger partial charge in [-0.1, -0.05) is 35.9 Å². The second-order valence-corrected chi connectivity index (χ2v) is 5.88. The summed E-state index contributed by atoms with van der Waals surface area (Å²) < 4.78 is 10.5. The van der Waals surface area contributed by atoms with Gasteiger partial charge < -0.3 is 20.1 Å². The van der Waals surface area contributed by atoms with E-state index in [1.165, 1.54) is 11.1 Å². The van der Waals surface area contributed by atoms with Crippen molar-refractivity contribution in [3.63, 3.8) is 0 Å². The van der Waals surface area contributed by atoms with Gasteiger partial charge in [-0.15, -0.1) is 0 Å². The molecule has 2 rings (SSSR count). The topological polar surface area (TPSA) is 59.6 Å². The van der Waals surface area contributed by atoms with E-state index in [0.717, 1.165) is 12.1 Å². The highest BCUT2D eigenvalue weighted by Crippen LogP contribution is 2.27. The Morgan fingerprint density at radius 2 is 1.60 bits per heavy atom. The second kappa shape index (κ2) is 9.69. The quantitative estimate of drug-likeness (QED) is 0.688. The van der Waals surface area contributed by atoms with Crippen LogP contribution in [0.3, 0.4) is 0 Å². The van der Waals surface area contributed by atoms with Gasteiger partial charge in [0.25, 0.3) is 0 Å². The normalized spacial score (nSPS) is 10.4. The Balaban J connectivity index is 1.69. The van der Waals surface area contributed by atoms with Crippen molar-refractivity contribution in [3.8, 4) is 11.5 Å². The summed E-state index contributed by atoms with van der Waals surface area (Å²) >= 11 is 0. The van der Waals surface area contributed by atoms with Crippen molar-refractivity contribution >= 4 is 5.91 Å². The number of ether oxygens (including phenoxy) is 2. The van der Waals surface area contributed by atoms with Crippen molar-refractivity contribution in [2.75, 3.05) is 20.8 Å². The van der Waals surface area contributed by atoms with Crippen LogP contribution in [-0.2, 0) is 17.9 Å². The van der Waals surface area contributed by atoms with Crippen LogP contribution >= 0.6 is 0 Å². The molecule has 2 aromatic carbocycles. The monoisotopic (exact) mass is 342 g/mol. The molecule has 0 saturated heterocycles. The van der Waals surface area contributed by atoms with Gasteiger partial charge >= 0.3 is 0 Å². The minimum absolute atomic E-state index is 0.0196. The highest BCUT2D eigenvalue weighted by molar-refractivity contribution is 5.76. The third-order valence-electron chi connectivity index (χ3n) is 3.92. The maximum Gasteiger partial charge on any atom is 0.221 e. The molecule has 0 fully saturated rings. The van der Waals surface area contributed by atoms with Gasteiger partial charge in [0.05, 0.1) is 14.2 Å². The van der Waals surface area contributed by atoms with Crippen molar-refractivity contribution in [1.29, 1.82) is 0 Å². The van der Waals surface area contributed by atoms with Crippen LogP contribution < -0.4 is 20.1 Å². The summed E-state index contributed by atoms with van der Waals surface area (Å²) in [5.74, 6) is 1.36. The molecule has 0 aliphatic rings. The van der Waals surface area contributed by atoms with Gasteiger partial charge in [-0.2, -0.15) is 0 Å². The Hall–Kier alpha value is -2.53. The lowest BCUT2D eigenvalue weighted by molar-refractivity contribution is -0.121. The Kier molecular flexibility index (Phi) is 7.29. The molecule has 134 valence electrons. The maximum atomic E-state index is 11.9. The smallest absolute Gasteiger partial charge is 0.221 e. The lowest BCUT2D eigenvalue weighted by Gasteiger charge is -2.10. The number of hydrogen-bond donors (Lipinski definition) is 2. The van der Waals surface area contributed by atoms with Gasteiger partial charge in [0.2, 0.25) is 5.91 Å². The van der Waals surface area contributed by atoms with E-state index < -0.39 is 0 Å². The summed E-state index contributed by atoms with van der Waals surface area (Å²) in [6.07, 6.45) is 0.444. The lowest BCUT2D eigenvalue weighted by Crippen LogP contribution is -2.27. The summed E-state index contributed by atoms with van der Waals surface area (Å²) in [7, 11) is 3.20. The van der Waals surface area contributed by atoms with Crippen LogP contribution in [-0.4, -0.2) is 26.7 Å². The largest absolute Gasteiger partial charge is 0.493 e. The highest BCUT2D eigenvalue weighted by atomic mass is 16.5. The minimum Gasteiger partial charge on any atom is -0.493 e. The first kappa shape index (κ1) is 18.8. The van der Waals surface area contributed by atoms with Crippen LogP contribution in [0.1, 0.15) is 23.1 Å². The van der Waals surface area contributed by atoms with E-state index in [0.29, 0.717) is 31.0 Å². The number of hydrogen-bond acceptors (Lipinski definition) is 4. The minimum atomic E-state index is 0.0196. The molecule has 0 aliphatic heterocycles. The molecule has 0 radical (unpaired) electrons. The number of rotatable bonds is 9. The van der Waals surface area contributed by atoms with E-state index in [1.54, 1.807) is 14.2 Å². The number of benzene rings is 2. The first-order valence-corrected chi connectivity index (χ1v) is 8.36. The number of amides is 1. The Morgan fingerprint density at radius 3 is 2.28 bits per heavy atom. The Labute approximate surface area is 149 Å². The molecule has 1 amide bonds. The number of carbonyl (C=O) groups is 1. The van der Waals surface area contributed by atoms with Crippen LogP contribution in [0.2, 0.25) is 0 Å². The zero-order valence-electron chi connectivity index (χ0n) is 15.1. The molecule has 0 atom stereocenters. The molecule has 0 unspecified atom stereocenters. The van der Waals surface area contributed by atoms with Crippen molar-refractivity contribution in [3.05, 3.63) is 59.2 Å². The highest BCUT2D eigenvalue weighted by Gasteiger charge is 2.06. The molecule has 2 N–H and O–H groups in total. The Morgan fingerprint density at radius 1 is 0.920 bits per heavy atom. The summed E-state index contributed by atoms with van der Waals surface area (Å²) in [4.78, 5) is 11.9. The Bertz CT molecular complexity index is 684. The maximum absolute atomic E-state index is 11.9. The van der Waals surface area contributed by atoms with E-state index in [-0.39, 0.29) is 5.91 Å². The van der Waals surface area contributed by atoms with Crippen LogP contribution in [0.4, 0.5) is 0 Å². The molecule has 0 heterocycles. The van der Waals surface area contributed by atoms with Crippen molar-refractivity contribution in [1.82, 2.24) is 10.6 Å². The van der Waals surface area contributed by atoms with Crippen molar-refractivity contribution in [2.45, 2.75) is 26.4 Å². The average molecular weight is 342 g/mol. The fourth-order valence-electron chi connectivity index (χ4n) is 2.42. The number of methoxy groups -OCH3 is 2.